The van der Waals surface area contributed by atoms with E-state index in [0.29, 0.717) is 12.6 Å². The Hall–Kier alpha value is -1.06. The van der Waals surface area contributed by atoms with Crippen molar-refractivity contribution in [3.63, 3.8) is 0 Å². The van der Waals surface area contributed by atoms with Crippen LogP contribution in [0.3, 0.4) is 0 Å². The maximum atomic E-state index is 11.2. The topological polar surface area (TPSA) is 70.2 Å². The Kier molecular flexibility index (Phi) is 2.90. The predicted octanol–water partition coefficient (Wildman–Crippen LogP) is 0.569. The Labute approximate surface area is 78.6 Å². The van der Waals surface area contributed by atoms with Crippen LogP contribution in [0.5, 0.6) is 0 Å². The number of nitrogens with zero attached hydrogens (tertiary/aromatic N) is 1. The molecule has 0 aromatic rings. The molecule has 4 heteroatoms. The second-order valence-electron chi connectivity index (χ2n) is 3.75. The first-order valence-corrected chi connectivity index (χ1v) is 4.63. The molecule has 3 N–H and O–H groups in total. The Morgan fingerprint density at radius 1 is 1.54 bits per heavy atom. The van der Waals surface area contributed by atoms with Gasteiger partial charge in [-0.15, -0.1) is 0 Å². The van der Waals surface area contributed by atoms with Crippen molar-refractivity contribution in [2.75, 3.05) is 6.54 Å². The van der Waals surface area contributed by atoms with Gasteiger partial charge in [0.25, 0.3) is 0 Å². The van der Waals surface area contributed by atoms with Gasteiger partial charge >= 0.3 is 0 Å². The van der Waals surface area contributed by atoms with Gasteiger partial charge in [0.05, 0.1) is 5.84 Å². The summed E-state index contributed by atoms with van der Waals surface area (Å²) in [6.07, 6.45) is 1.88. The molecule has 1 heterocycles. The van der Waals surface area contributed by atoms with E-state index >= 15 is 0 Å². The number of rotatable bonds is 1. The first-order valence-electron chi connectivity index (χ1n) is 4.63. The van der Waals surface area contributed by atoms with Crippen molar-refractivity contribution < 1.29 is 4.79 Å². The lowest BCUT2D eigenvalue weighted by Gasteiger charge is -2.36. The van der Waals surface area contributed by atoms with Gasteiger partial charge in [-0.05, 0) is 19.8 Å². The normalized spacial score (nSPS) is 28.6. The number of amides is 1. The molecule has 0 bridgehead atoms. The van der Waals surface area contributed by atoms with E-state index in [1.54, 1.807) is 11.8 Å². The number of likely N-dealkylation sites (tertiary alicyclic amines) is 1. The SMILES string of the molecule is CC(=O)N1C[C@H](C(=N)N)CC[C@@H]1C. The highest BCUT2D eigenvalue weighted by atomic mass is 16.2. The van der Waals surface area contributed by atoms with Crippen molar-refractivity contribution in [2.24, 2.45) is 11.7 Å². The highest BCUT2D eigenvalue weighted by Crippen LogP contribution is 2.21. The van der Waals surface area contributed by atoms with Crippen LogP contribution in [0.15, 0.2) is 0 Å². The predicted molar refractivity (Wildman–Crippen MR) is 51.5 cm³/mol. The summed E-state index contributed by atoms with van der Waals surface area (Å²) in [5.74, 6) is 0.358. The van der Waals surface area contributed by atoms with Gasteiger partial charge in [-0.3, -0.25) is 10.2 Å². The highest BCUT2D eigenvalue weighted by molar-refractivity contribution is 5.81. The lowest BCUT2D eigenvalue weighted by molar-refractivity contribution is -0.132. The zero-order valence-electron chi connectivity index (χ0n) is 8.21. The quantitative estimate of drug-likeness (QED) is 0.461. The fourth-order valence-corrected chi connectivity index (χ4v) is 1.80. The average molecular weight is 183 g/mol. The second kappa shape index (κ2) is 3.77. The molecular weight excluding hydrogens is 166 g/mol. The fourth-order valence-electron chi connectivity index (χ4n) is 1.80. The molecule has 1 fully saturated rings. The minimum absolute atomic E-state index is 0.0695. The number of hydrogen-bond donors (Lipinski definition) is 2. The molecule has 0 aromatic carbocycles. The van der Waals surface area contributed by atoms with Gasteiger partial charge < -0.3 is 10.6 Å². The summed E-state index contributed by atoms with van der Waals surface area (Å²) in [5, 5.41) is 7.33. The molecule has 74 valence electrons. The summed E-state index contributed by atoms with van der Waals surface area (Å²) in [6, 6.07) is 0.299. The Bertz CT molecular complexity index is 227. The lowest BCUT2D eigenvalue weighted by atomic mass is 9.92. The molecule has 1 saturated heterocycles. The molecule has 0 saturated carbocycles. The summed E-state index contributed by atoms with van der Waals surface area (Å²) in [6.45, 7) is 4.22. The van der Waals surface area contributed by atoms with E-state index in [-0.39, 0.29) is 17.7 Å². The molecule has 1 amide bonds. The zero-order chi connectivity index (χ0) is 10.0. The highest BCUT2D eigenvalue weighted by Gasteiger charge is 2.28. The van der Waals surface area contributed by atoms with E-state index in [9.17, 15) is 4.79 Å². The molecule has 4 nitrogen and oxygen atoms in total. The third-order valence-electron chi connectivity index (χ3n) is 2.73. The molecule has 1 aliphatic rings. The third kappa shape index (κ3) is 2.20. The van der Waals surface area contributed by atoms with Gasteiger partial charge in [-0.25, -0.2) is 0 Å². The van der Waals surface area contributed by atoms with Gasteiger partial charge in [-0.1, -0.05) is 0 Å². The molecule has 1 rings (SSSR count). The van der Waals surface area contributed by atoms with Crippen LogP contribution in [0.25, 0.3) is 0 Å². The van der Waals surface area contributed by atoms with Crippen LogP contribution in [-0.4, -0.2) is 29.2 Å². The fraction of sp³-hybridized carbons (Fsp3) is 0.778. The van der Waals surface area contributed by atoms with E-state index in [2.05, 4.69) is 0 Å². The molecule has 0 radical (unpaired) electrons. The number of nitrogens with one attached hydrogen (secondary N) is 1. The van der Waals surface area contributed by atoms with E-state index in [1.165, 1.54) is 0 Å². The Morgan fingerprint density at radius 3 is 2.62 bits per heavy atom. The minimum atomic E-state index is 0.0695. The van der Waals surface area contributed by atoms with Crippen LogP contribution in [0.1, 0.15) is 26.7 Å². The minimum Gasteiger partial charge on any atom is -0.387 e. The number of carbonyl (C=O) groups excluding carboxylic acids is 1. The standard InChI is InChI=1S/C9H17N3O/c1-6-3-4-8(9(10)11)5-12(6)7(2)13/h6,8H,3-5H2,1-2H3,(H3,10,11)/t6-,8+/m0/s1. The first kappa shape index (κ1) is 10.0. The summed E-state index contributed by atoms with van der Waals surface area (Å²) in [5.41, 5.74) is 5.42. The summed E-state index contributed by atoms with van der Waals surface area (Å²) < 4.78 is 0. The van der Waals surface area contributed by atoms with Crippen molar-refractivity contribution >= 4 is 11.7 Å². The number of carbonyl (C=O) groups is 1. The second-order valence-corrected chi connectivity index (χ2v) is 3.75. The summed E-state index contributed by atoms with van der Waals surface area (Å²) in [7, 11) is 0. The van der Waals surface area contributed by atoms with E-state index in [1.807, 2.05) is 6.92 Å². The number of amidine groups is 1. The van der Waals surface area contributed by atoms with E-state index < -0.39 is 0 Å². The third-order valence-corrected chi connectivity index (χ3v) is 2.73. The maximum absolute atomic E-state index is 11.2. The molecule has 0 aromatic heterocycles. The largest absolute Gasteiger partial charge is 0.387 e. The van der Waals surface area contributed by atoms with Crippen LogP contribution in [0, 0.1) is 11.3 Å². The van der Waals surface area contributed by atoms with Crippen LogP contribution in [0.4, 0.5) is 0 Å². The van der Waals surface area contributed by atoms with Crippen LogP contribution < -0.4 is 5.73 Å². The smallest absolute Gasteiger partial charge is 0.219 e. The molecule has 0 spiro atoms. The molecule has 2 atom stereocenters. The van der Waals surface area contributed by atoms with Gasteiger partial charge in [0.1, 0.15) is 0 Å². The molecular formula is C9H17N3O. The van der Waals surface area contributed by atoms with Crippen molar-refractivity contribution in [1.29, 1.82) is 5.41 Å². The van der Waals surface area contributed by atoms with Crippen LogP contribution in [-0.2, 0) is 4.79 Å². The van der Waals surface area contributed by atoms with Crippen molar-refractivity contribution in [3.8, 4) is 0 Å². The van der Waals surface area contributed by atoms with Gasteiger partial charge in [-0.2, -0.15) is 0 Å². The molecule has 0 unspecified atom stereocenters. The number of hydrogen-bond acceptors (Lipinski definition) is 2. The van der Waals surface area contributed by atoms with Crippen LogP contribution in [0.2, 0.25) is 0 Å². The Balaban J connectivity index is 2.63. The van der Waals surface area contributed by atoms with Gasteiger partial charge in [0, 0.05) is 25.4 Å². The molecule has 1 aliphatic heterocycles. The lowest BCUT2D eigenvalue weighted by Crippen LogP contribution is -2.47. The van der Waals surface area contributed by atoms with Gasteiger partial charge in [0.15, 0.2) is 0 Å². The number of piperidine rings is 1. The van der Waals surface area contributed by atoms with Crippen molar-refractivity contribution in [2.45, 2.75) is 32.7 Å². The monoisotopic (exact) mass is 183 g/mol. The zero-order valence-corrected chi connectivity index (χ0v) is 8.21. The Morgan fingerprint density at radius 2 is 2.15 bits per heavy atom. The number of nitrogens with two attached hydrogens (primary N) is 1. The average Bonchev–Trinajstić information content (AvgIpc) is 2.04. The molecule has 0 aliphatic carbocycles. The van der Waals surface area contributed by atoms with E-state index in [0.717, 1.165) is 12.8 Å². The van der Waals surface area contributed by atoms with Crippen molar-refractivity contribution in [3.05, 3.63) is 0 Å². The first-order chi connectivity index (χ1) is 6.02. The van der Waals surface area contributed by atoms with E-state index in [4.69, 9.17) is 11.1 Å². The van der Waals surface area contributed by atoms with Crippen molar-refractivity contribution in [1.82, 2.24) is 4.90 Å². The molecule has 13 heavy (non-hydrogen) atoms. The summed E-state index contributed by atoms with van der Waals surface area (Å²) >= 11 is 0. The summed E-state index contributed by atoms with van der Waals surface area (Å²) in [4.78, 5) is 13.0. The van der Waals surface area contributed by atoms with Gasteiger partial charge in [0.2, 0.25) is 5.91 Å². The maximum Gasteiger partial charge on any atom is 0.219 e. The van der Waals surface area contributed by atoms with Crippen LogP contribution >= 0.6 is 0 Å².